The fraction of sp³-hybridized carbons (Fsp3) is 0.217. The molecule has 1 fully saturated rings. The molecule has 5 rings (SSSR count). The molecule has 0 spiro atoms. The summed E-state index contributed by atoms with van der Waals surface area (Å²) in [7, 11) is 0. The summed E-state index contributed by atoms with van der Waals surface area (Å²) in [6.45, 7) is 0.707. The van der Waals surface area contributed by atoms with Crippen LogP contribution >= 0.6 is 0 Å². The summed E-state index contributed by atoms with van der Waals surface area (Å²) < 4.78 is 25.0. The van der Waals surface area contributed by atoms with Crippen LogP contribution < -0.4 is 5.32 Å². The third-order valence-corrected chi connectivity index (χ3v) is 5.14. The number of aliphatic hydroxyl groups excluding tert-OH is 1. The number of halogens is 1. The number of rotatable bonds is 6. The van der Waals surface area contributed by atoms with Gasteiger partial charge in [0.05, 0.1) is 36.9 Å². The maximum atomic E-state index is 13.5. The van der Waals surface area contributed by atoms with E-state index in [2.05, 4.69) is 25.3 Å². The molecule has 3 aromatic heterocycles. The van der Waals surface area contributed by atoms with E-state index in [1.807, 2.05) is 12.1 Å². The number of H-pyrrole nitrogens is 1. The second-order valence-corrected chi connectivity index (χ2v) is 7.53. The molecule has 0 aliphatic carbocycles. The summed E-state index contributed by atoms with van der Waals surface area (Å²) >= 11 is 0. The first-order chi connectivity index (χ1) is 16.2. The molecule has 1 aliphatic rings. The number of anilines is 2. The van der Waals surface area contributed by atoms with Crippen molar-refractivity contribution in [1.82, 2.24) is 24.9 Å². The van der Waals surface area contributed by atoms with Gasteiger partial charge < -0.3 is 24.9 Å². The van der Waals surface area contributed by atoms with Gasteiger partial charge in [-0.3, -0.25) is 4.98 Å². The summed E-state index contributed by atoms with van der Waals surface area (Å²) in [4.78, 5) is 20.9. The van der Waals surface area contributed by atoms with Crippen LogP contribution in [0.3, 0.4) is 0 Å². The molecular formula is C23H21FN6O3. The predicted octanol–water partition coefficient (Wildman–Crippen LogP) is 3.47. The highest BCUT2D eigenvalue weighted by Gasteiger charge is 2.27. The topological polar surface area (TPSA) is 118 Å². The summed E-state index contributed by atoms with van der Waals surface area (Å²) in [5, 5.41) is 12.5. The number of hydrogen-bond donors (Lipinski definition) is 3. The van der Waals surface area contributed by atoms with Gasteiger partial charge in [-0.2, -0.15) is 0 Å². The SMILES string of the molecule is OCC1COC(c2nc(-c3ccc(F)cc3)c(-c3ccnc(Nc4ccncc4)n3)[nH]2)OC1. The van der Waals surface area contributed by atoms with Crippen molar-refractivity contribution in [3.63, 3.8) is 0 Å². The van der Waals surface area contributed by atoms with Crippen LogP contribution in [0.1, 0.15) is 12.1 Å². The highest BCUT2D eigenvalue weighted by atomic mass is 19.1. The summed E-state index contributed by atoms with van der Waals surface area (Å²) in [6.07, 6.45) is 4.27. The van der Waals surface area contributed by atoms with Crippen LogP contribution in [0.15, 0.2) is 61.1 Å². The quantitative estimate of drug-likeness (QED) is 0.410. The van der Waals surface area contributed by atoms with Gasteiger partial charge in [-0.05, 0) is 42.5 Å². The smallest absolute Gasteiger partial charge is 0.227 e. The van der Waals surface area contributed by atoms with E-state index in [4.69, 9.17) is 14.5 Å². The molecule has 0 amide bonds. The second-order valence-electron chi connectivity index (χ2n) is 7.53. The number of aliphatic hydroxyl groups is 1. The van der Waals surface area contributed by atoms with E-state index in [0.29, 0.717) is 47.6 Å². The molecule has 10 heteroatoms. The zero-order valence-corrected chi connectivity index (χ0v) is 17.5. The minimum atomic E-state index is -0.711. The van der Waals surface area contributed by atoms with Crippen LogP contribution in [0.5, 0.6) is 0 Å². The van der Waals surface area contributed by atoms with Crippen molar-refractivity contribution < 1.29 is 19.0 Å². The Morgan fingerprint density at radius 1 is 1.00 bits per heavy atom. The van der Waals surface area contributed by atoms with E-state index >= 15 is 0 Å². The Morgan fingerprint density at radius 3 is 2.48 bits per heavy atom. The molecule has 0 unspecified atom stereocenters. The molecule has 0 atom stereocenters. The first-order valence-electron chi connectivity index (χ1n) is 10.4. The highest BCUT2D eigenvalue weighted by molar-refractivity contribution is 5.77. The van der Waals surface area contributed by atoms with Crippen LogP contribution in [0, 0.1) is 11.7 Å². The van der Waals surface area contributed by atoms with E-state index in [9.17, 15) is 9.50 Å². The van der Waals surface area contributed by atoms with E-state index in [1.165, 1.54) is 12.1 Å². The zero-order valence-electron chi connectivity index (χ0n) is 17.5. The lowest BCUT2D eigenvalue weighted by Gasteiger charge is -2.26. The zero-order chi connectivity index (χ0) is 22.6. The van der Waals surface area contributed by atoms with Crippen LogP contribution in [0.4, 0.5) is 16.0 Å². The van der Waals surface area contributed by atoms with Gasteiger partial charge in [0.2, 0.25) is 12.2 Å². The van der Waals surface area contributed by atoms with Crippen molar-refractivity contribution in [3.05, 3.63) is 72.7 Å². The summed E-state index contributed by atoms with van der Waals surface area (Å²) in [5.41, 5.74) is 3.29. The average molecular weight is 448 g/mol. The van der Waals surface area contributed by atoms with Crippen molar-refractivity contribution in [1.29, 1.82) is 0 Å². The third-order valence-electron chi connectivity index (χ3n) is 5.14. The molecule has 0 radical (unpaired) electrons. The molecule has 1 saturated heterocycles. The van der Waals surface area contributed by atoms with Gasteiger partial charge >= 0.3 is 0 Å². The largest absolute Gasteiger partial charge is 0.396 e. The standard InChI is InChI=1S/C23H21FN6O3/c24-16-3-1-15(2-4-16)19-20(30-21(29-19)22-32-12-14(11-31)13-33-22)18-7-10-26-23(28-18)27-17-5-8-25-9-6-17/h1-10,14,22,31H,11-13H2,(H,29,30)(H,25,26,27,28). The maximum Gasteiger partial charge on any atom is 0.227 e. The molecule has 1 aromatic carbocycles. The molecule has 9 nitrogen and oxygen atoms in total. The maximum absolute atomic E-state index is 13.5. The number of ether oxygens (including phenoxy) is 2. The lowest BCUT2D eigenvalue weighted by atomic mass is 10.1. The van der Waals surface area contributed by atoms with Gasteiger partial charge in [-0.15, -0.1) is 0 Å². The minimum Gasteiger partial charge on any atom is -0.396 e. The number of pyridine rings is 1. The Kier molecular flexibility index (Phi) is 6.03. The van der Waals surface area contributed by atoms with E-state index in [-0.39, 0.29) is 18.3 Å². The monoisotopic (exact) mass is 448 g/mol. The first-order valence-corrected chi connectivity index (χ1v) is 10.4. The Morgan fingerprint density at radius 2 is 1.76 bits per heavy atom. The van der Waals surface area contributed by atoms with Crippen LogP contribution in [0.25, 0.3) is 22.6 Å². The minimum absolute atomic E-state index is 0.00879. The van der Waals surface area contributed by atoms with Crippen LogP contribution in [-0.4, -0.2) is 49.8 Å². The van der Waals surface area contributed by atoms with Crippen molar-refractivity contribution in [2.45, 2.75) is 6.29 Å². The normalized spacial score (nSPS) is 18.2. The molecule has 0 bridgehead atoms. The fourth-order valence-corrected chi connectivity index (χ4v) is 3.43. The highest BCUT2D eigenvalue weighted by Crippen LogP contribution is 2.33. The number of imidazole rings is 1. The van der Waals surface area contributed by atoms with E-state index in [1.54, 1.807) is 36.8 Å². The van der Waals surface area contributed by atoms with Crippen molar-refractivity contribution in [3.8, 4) is 22.6 Å². The molecule has 4 heterocycles. The molecular weight excluding hydrogens is 427 g/mol. The fourth-order valence-electron chi connectivity index (χ4n) is 3.43. The van der Waals surface area contributed by atoms with Gasteiger partial charge in [-0.25, -0.2) is 19.3 Å². The Labute approximate surface area is 188 Å². The molecule has 168 valence electrons. The molecule has 4 aromatic rings. The Balaban J connectivity index is 1.51. The third kappa shape index (κ3) is 4.72. The van der Waals surface area contributed by atoms with Crippen LogP contribution in [0.2, 0.25) is 0 Å². The Hall–Kier alpha value is -3.73. The lowest BCUT2D eigenvalue weighted by Crippen LogP contribution is -2.29. The number of hydrogen-bond acceptors (Lipinski definition) is 8. The van der Waals surface area contributed by atoms with Crippen molar-refractivity contribution in [2.75, 3.05) is 25.1 Å². The number of nitrogens with one attached hydrogen (secondary N) is 2. The predicted molar refractivity (Wildman–Crippen MR) is 118 cm³/mol. The molecule has 3 N–H and O–H groups in total. The first kappa shape index (κ1) is 21.1. The van der Waals surface area contributed by atoms with Gasteiger partial charge in [0.1, 0.15) is 5.82 Å². The van der Waals surface area contributed by atoms with Crippen LogP contribution in [-0.2, 0) is 9.47 Å². The van der Waals surface area contributed by atoms with Crippen molar-refractivity contribution in [2.24, 2.45) is 5.92 Å². The average Bonchev–Trinajstić information content (AvgIpc) is 3.31. The van der Waals surface area contributed by atoms with Gasteiger partial charge in [0.25, 0.3) is 0 Å². The number of benzene rings is 1. The molecule has 0 saturated carbocycles. The van der Waals surface area contributed by atoms with Gasteiger partial charge in [0, 0.05) is 35.8 Å². The van der Waals surface area contributed by atoms with Gasteiger partial charge in [-0.1, -0.05) is 0 Å². The number of aromatic nitrogens is 5. The van der Waals surface area contributed by atoms with Crippen molar-refractivity contribution >= 4 is 11.6 Å². The Bertz CT molecular complexity index is 1210. The van der Waals surface area contributed by atoms with Gasteiger partial charge in [0.15, 0.2) is 5.82 Å². The number of nitrogens with zero attached hydrogens (tertiary/aromatic N) is 4. The molecule has 1 aliphatic heterocycles. The summed E-state index contributed by atoms with van der Waals surface area (Å²) in [5.74, 6) is 0.450. The number of aromatic amines is 1. The summed E-state index contributed by atoms with van der Waals surface area (Å²) in [6, 6.07) is 11.4. The van der Waals surface area contributed by atoms with E-state index in [0.717, 1.165) is 5.69 Å². The van der Waals surface area contributed by atoms with E-state index < -0.39 is 6.29 Å². The molecule has 33 heavy (non-hydrogen) atoms. The second kappa shape index (κ2) is 9.41. The lowest BCUT2D eigenvalue weighted by molar-refractivity contribution is -0.213.